The summed E-state index contributed by atoms with van der Waals surface area (Å²) in [6.07, 6.45) is 12.4. The van der Waals surface area contributed by atoms with E-state index in [0.29, 0.717) is 0 Å². The van der Waals surface area contributed by atoms with Crippen molar-refractivity contribution in [1.82, 2.24) is 4.98 Å². The van der Waals surface area contributed by atoms with Crippen molar-refractivity contribution in [1.29, 1.82) is 0 Å². The molecule has 0 bridgehead atoms. The first-order valence-electron chi connectivity index (χ1n) is 7.84. The predicted molar refractivity (Wildman–Crippen MR) is 80.7 cm³/mol. The number of hydrogen-bond acceptors (Lipinski definition) is 3. The molecular weight excluding hydrogens is 234 g/mol. The minimum absolute atomic E-state index is 0.765. The Bertz CT molecular complexity index is 416. The van der Waals surface area contributed by atoms with E-state index in [0.717, 1.165) is 24.2 Å². The van der Waals surface area contributed by atoms with E-state index in [-0.39, 0.29) is 0 Å². The largest absolute Gasteiger partial charge is 0.384 e. The summed E-state index contributed by atoms with van der Waals surface area (Å²) >= 11 is 0. The lowest BCUT2D eigenvalue weighted by Crippen LogP contribution is -2.46. The lowest BCUT2D eigenvalue weighted by molar-refractivity contribution is 0.244. The fourth-order valence-electron chi connectivity index (χ4n) is 3.83. The lowest BCUT2D eigenvalue weighted by Gasteiger charge is -2.45. The highest BCUT2D eigenvalue weighted by Crippen LogP contribution is 2.37. The van der Waals surface area contributed by atoms with Gasteiger partial charge in [-0.1, -0.05) is 12.8 Å². The molecule has 2 aliphatic rings. The Morgan fingerprint density at radius 2 is 2.05 bits per heavy atom. The Hall–Kier alpha value is -1.25. The molecule has 0 unspecified atom stereocenters. The third-order valence-electron chi connectivity index (χ3n) is 4.68. The Labute approximate surface area is 116 Å². The van der Waals surface area contributed by atoms with Crippen LogP contribution >= 0.6 is 0 Å². The second-order valence-electron chi connectivity index (χ2n) is 5.91. The molecule has 19 heavy (non-hydrogen) atoms. The second kappa shape index (κ2) is 5.81. The van der Waals surface area contributed by atoms with Gasteiger partial charge in [-0.3, -0.25) is 4.98 Å². The first-order chi connectivity index (χ1) is 9.38. The number of aromatic nitrogens is 1. The van der Waals surface area contributed by atoms with Gasteiger partial charge in [-0.25, -0.2) is 0 Å². The fourth-order valence-corrected chi connectivity index (χ4v) is 3.83. The number of nitrogens with one attached hydrogen (secondary N) is 1. The molecule has 0 aromatic carbocycles. The van der Waals surface area contributed by atoms with Crippen LogP contribution in [0.2, 0.25) is 0 Å². The topological polar surface area (TPSA) is 28.2 Å². The van der Waals surface area contributed by atoms with E-state index in [2.05, 4.69) is 28.2 Å². The summed E-state index contributed by atoms with van der Waals surface area (Å²) < 4.78 is 0. The fraction of sp³-hybridized carbons (Fsp3) is 0.688. The van der Waals surface area contributed by atoms with Crippen molar-refractivity contribution in [2.75, 3.05) is 23.3 Å². The van der Waals surface area contributed by atoms with Crippen LogP contribution in [-0.2, 0) is 0 Å². The second-order valence-corrected chi connectivity index (χ2v) is 5.91. The highest BCUT2D eigenvalue weighted by Gasteiger charge is 2.33. The van der Waals surface area contributed by atoms with Gasteiger partial charge in [-0.15, -0.1) is 0 Å². The van der Waals surface area contributed by atoms with Crippen molar-refractivity contribution < 1.29 is 0 Å². The zero-order valence-electron chi connectivity index (χ0n) is 11.9. The maximum Gasteiger partial charge on any atom is 0.0576 e. The first kappa shape index (κ1) is 12.8. The van der Waals surface area contributed by atoms with Crippen molar-refractivity contribution in [3.05, 3.63) is 18.5 Å². The third-order valence-corrected chi connectivity index (χ3v) is 4.68. The zero-order chi connectivity index (χ0) is 13.1. The SMILES string of the molecule is CCNc1cncc(N2CCC[C@H]3CCCC[C@H]32)c1. The van der Waals surface area contributed by atoms with Crippen LogP contribution in [0.4, 0.5) is 11.4 Å². The molecule has 1 N–H and O–H groups in total. The van der Waals surface area contributed by atoms with Gasteiger partial charge in [0.25, 0.3) is 0 Å². The molecule has 2 atom stereocenters. The molecule has 104 valence electrons. The molecule has 1 aromatic heterocycles. The molecule has 0 spiro atoms. The summed E-state index contributed by atoms with van der Waals surface area (Å²) in [6.45, 7) is 4.29. The van der Waals surface area contributed by atoms with Gasteiger partial charge in [0.2, 0.25) is 0 Å². The van der Waals surface area contributed by atoms with Crippen LogP contribution in [-0.4, -0.2) is 24.1 Å². The van der Waals surface area contributed by atoms with Gasteiger partial charge in [0.15, 0.2) is 0 Å². The summed E-state index contributed by atoms with van der Waals surface area (Å²) in [5.41, 5.74) is 2.47. The van der Waals surface area contributed by atoms with Gasteiger partial charge in [0, 0.05) is 19.1 Å². The number of fused-ring (bicyclic) bond motifs is 1. The van der Waals surface area contributed by atoms with Crippen molar-refractivity contribution in [2.24, 2.45) is 5.92 Å². The number of pyridine rings is 1. The van der Waals surface area contributed by atoms with Crippen LogP contribution in [0.5, 0.6) is 0 Å². The number of nitrogens with zero attached hydrogens (tertiary/aromatic N) is 2. The maximum atomic E-state index is 4.41. The van der Waals surface area contributed by atoms with Gasteiger partial charge >= 0.3 is 0 Å². The van der Waals surface area contributed by atoms with Crippen molar-refractivity contribution in [3.8, 4) is 0 Å². The summed E-state index contributed by atoms with van der Waals surface area (Å²) in [4.78, 5) is 7.04. The van der Waals surface area contributed by atoms with E-state index in [9.17, 15) is 0 Å². The monoisotopic (exact) mass is 259 g/mol. The normalized spacial score (nSPS) is 26.9. The smallest absolute Gasteiger partial charge is 0.0576 e. The average molecular weight is 259 g/mol. The van der Waals surface area contributed by atoms with E-state index in [1.807, 2.05) is 12.4 Å². The van der Waals surface area contributed by atoms with Crippen LogP contribution in [0.15, 0.2) is 18.5 Å². The summed E-state index contributed by atoms with van der Waals surface area (Å²) in [5.74, 6) is 0.922. The summed E-state index contributed by atoms with van der Waals surface area (Å²) in [5, 5.41) is 3.37. The third kappa shape index (κ3) is 2.70. The number of piperidine rings is 1. The minimum atomic E-state index is 0.765. The molecule has 1 aromatic rings. The lowest BCUT2D eigenvalue weighted by atomic mass is 9.78. The molecule has 1 saturated heterocycles. The number of rotatable bonds is 3. The van der Waals surface area contributed by atoms with Gasteiger partial charge in [-0.05, 0) is 44.6 Å². The van der Waals surface area contributed by atoms with Crippen molar-refractivity contribution in [2.45, 2.75) is 51.5 Å². The zero-order valence-corrected chi connectivity index (χ0v) is 11.9. The Balaban J connectivity index is 1.81. The van der Waals surface area contributed by atoms with E-state index in [1.54, 1.807) is 0 Å². The van der Waals surface area contributed by atoms with E-state index in [4.69, 9.17) is 0 Å². The molecule has 3 rings (SSSR count). The molecule has 2 heterocycles. The van der Waals surface area contributed by atoms with E-state index < -0.39 is 0 Å². The molecule has 0 radical (unpaired) electrons. The van der Waals surface area contributed by atoms with Gasteiger partial charge in [0.1, 0.15) is 0 Å². The van der Waals surface area contributed by atoms with Crippen molar-refractivity contribution in [3.63, 3.8) is 0 Å². The van der Waals surface area contributed by atoms with Gasteiger partial charge < -0.3 is 10.2 Å². The van der Waals surface area contributed by atoms with E-state index in [1.165, 1.54) is 50.8 Å². The molecule has 0 amide bonds. The van der Waals surface area contributed by atoms with E-state index >= 15 is 0 Å². The highest BCUT2D eigenvalue weighted by atomic mass is 15.2. The Kier molecular flexibility index (Phi) is 3.90. The van der Waals surface area contributed by atoms with Crippen molar-refractivity contribution >= 4 is 11.4 Å². The predicted octanol–water partition coefficient (Wildman–Crippen LogP) is 3.67. The molecule has 3 heteroatoms. The van der Waals surface area contributed by atoms with Crippen LogP contribution in [0.3, 0.4) is 0 Å². The number of hydrogen-bond donors (Lipinski definition) is 1. The summed E-state index contributed by atoms with van der Waals surface area (Å²) in [6, 6.07) is 3.04. The summed E-state index contributed by atoms with van der Waals surface area (Å²) in [7, 11) is 0. The molecular formula is C16H25N3. The van der Waals surface area contributed by atoms with Gasteiger partial charge in [0.05, 0.1) is 23.8 Å². The molecule has 1 aliphatic carbocycles. The highest BCUT2D eigenvalue weighted by molar-refractivity contribution is 5.56. The molecule has 2 fully saturated rings. The van der Waals surface area contributed by atoms with Crippen LogP contribution in [0.1, 0.15) is 45.4 Å². The quantitative estimate of drug-likeness (QED) is 0.897. The Morgan fingerprint density at radius 3 is 2.95 bits per heavy atom. The van der Waals surface area contributed by atoms with Crippen LogP contribution in [0.25, 0.3) is 0 Å². The first-order valence-corrected chi connectivity index (χ1v) is 7.84. The molecule has 3 nitrogen and oxygen atoms in total. The molecule has 1 saturated carbocycles. The number of anilines is 2. The standard InChI is InChI=1S/C16H25N3/c1-2-18-14-10-15(12-17-11-14)19-9-5-7-13-6-3-4-8-16(13)19/h10-13,16,18H,2-9H2,1H3/t13-,16-/m1/s1. The Morgan fingerprint density at radius 1 is 1.21 bits per heavy atom. The maximum absolute atomic E-state index is 4.41. The van der Waals surface area contributed by atoms with Crippen LogP contribution < -0.4 is 10.2 Å². The average Bonchev–Trinajstić information content (AvgIpc) is 2.47. The minimum Gasteiger partial charge on any atom is -0.384 e. The van der Waals surface area contributed by atoms with Gasteiger partial charge in [-0.2, -0.15) is 0 Å². The molecule has 1 aliphatic heterocycles. The van der Waals surface area contributed by atoms with Crippen LogP contribution in [0, 0.1) is 5.92 Å².